The van der Waals surface area contributed by atoms with Gasteiger partial charge in [-0.1, -0.05) is 6.07 Å². The lowest BCUT2D eigenvalue weighted by molar-refractivity contribution is -0.114. The summed E-state index contributed by atoms with van der Waals surface area (Å²) in [6, 6.07) is 17.5. The molecule has 0 bridgehead atoms. The zero-order chi connectivity index (χ0) is 23.7. The van der Waals surface area contributed by atoms with Crippen molar-refractivity contribution in [3.8, 4) is 0 Å². The largest absolute Gasteiger partial charge is 0.338 e. The van der Waals surface area contributed by atoms with Gasteiger partial charge in [-0.3, -0.25) is 9.78 Å². The number of carbonyl (C=O) groups is 1. The minimum atomic E-state index is -0.113. The summed E-state index contributed by atoms with van der Waals surface area (Å²) in [5.41, 5.74) is 4.73. The number of benzene rings is 2. The van der Waals surface area contributed by atoms with Gasteiger partial charge in [-0.05, 0) is 62.4 Å². The van der Waals surface area contributed by atoms with Gasteiger partial charge in [0.2, 0.25) is 11.9 Å². The van der Waals surface area contributed by atoms with Gasteiger partial charge < -0.3 is 20.5 Å². The van der Waals surface area contributed by atoms with Crippen LogP contribution in [0.4, 0.5) is 28.8 Å². The summed E-state index contributed by atoms with van der Waals surface area (Å²) in [6.45, 7) is 5.65. The first kappa shape index (κ1) is 21.3. The number of rotatable bonds is 6. The van der Waals surface area contributed by atoms with E-state index in [1.54, 1.807) is 12.5 Å². The molecule has 0 saturated carbocycles. The lowest BCUT2D eigenvalue weighted by atomic mass is 10.2. The van der Waals surface area contributed by atoms with Crippen molar-refractivity contribution in [2.24, 2.45) is 0 Å². The molecule has 1 amide bonds. The molecule has 2 aromatic carbocycles. The number of nitrogens with one attached hydrogen (secondary N) is 3. The van der Waals surface area contributed by atoms with Crippen molar-refractivity contribution < 1.29 is 4.79 Å². The quantitative estimate of drug-likeness (QED) is 0.316. The maximum atomic E-state index is 11.3. The molecule has 0 aliphatic carbocycles. The molecule has 5 aromatic rings. The smallest absolute Gasteiger partial charge is 0.231 e. The van der Waals surface area contributed by atoms with E-state index in [0.717, 1.165) is 33.6 Å². The molecule has 0 spiro atoms. The van der Waals surface area contributed by atoms with Crippen molar-refractivity contribution in [2.75, 3.05) is 16.0 Å². The van der Waals surface area contributed by atoms with E-state index in [9.17, 15) is 4.79 Å². The number of nitrogens with zero attached hydrogens (tertiary/aromatic N) is 5. The van der Waals surface area contributed by atoms with Crippen LogP contribution in [0.1, 0.15) is 26.8 Å². The van der Waals surface area contributed by atoms with Crippen LogP contribution in [-0.4, -0.2) is 30.4 Å². The number of anilines is 5. The molecule has 0 saturated heterocycles. The lowest BCUT2D eigenvalue weighted by Crippen LogP contribution is -2.06. The second-order valence-corrected chi connectivity index (χ2v) is 8.23. The SMILES string of the molecule is CC(=O)Nc1ccc(Nc2nc(Nc3ccc4ncccc4c3)nc3c2ncn3C(C)C)cc1. The molecule has 34 heavy (non-hydrogen) atoms. The van der Waals surface area contributed by atoms with E-state index < -0.39 is 0 Å². The van der Waals surface area contributed by atoms with Crippen molar-refractivity contribution in [3.63, 3.8) is 0 Å². The Kier molecular flexibility index (Phi) is 5.51. The van der Waals surface area contributed by atoms with Crippen LogP contribution in [0.15, 0.2) is 67.1 Å². The molecule has 0 radical (unpaired) electrons. The fraction of sp³-hybridized carbons (Fsp3) is 0.160. The van der Waals surface area contributed by atoms with Crippen molar-refractivity contribution >= 4 is 56.8 Å². The Balaban J connectivity index is 1.52. The predicted molar refractivity (Wildman–Crippen MR) is 135 cm³/mol. The number of hydrogen-bond donors (Lipinski definition) is 3. The third-order valence-corrected chi connectivity index (χ3v) is 5.30. The molecule has 0 unspecified atom stereocenters. The van der Waals surface area contributed by atoms with Crippen LogP contribution in [0.2, 0.25) is 0 Å². The molecule has 3 heterocycles. The highest BCUT2D eigenvalue weighted by Gasteiger charge is 2.15. The second kappa shape index (κ2) is 8.78. The van der Waals surface area contributed by atoms with E-state index >= 15 is 0 Å². The number of imidazole rings is 1. The Morgan fingerprint density at radius 3 is 2.44 bits per heavy atom. The van der Waals surface area contributed by atoms with Crippen LogP contribution < -0.4 is 16.0 Å². The highest BCUT2D eigenvalue weighted by Crippen LogP contribution is 2.28. The topological polar surface area (TPSA) is 110 Å². The summed E-state index contributed by atoms with van der Waals surface area (Å²) >= 11 is 0. The molecule has 9 nitrogen and oxygen atoms in total. The predicted octanol–water partition coefficient (Wildman–Crippen LogP) is 5.40. The van der Waals surface area contributed by atoms with Gasteiger partial charge in [0.25, 0.3) is 0 Å². The number of fused-ring (bicyclic) bond motifs is 2. The Labute approximate surface area is 196 Å². The van der Waals surface area contributed by atoms with E-state index in [1.165, 1.54) is 6.92 Å². The Morgan fingerprint density at radius 2 is 1.68 bits per heavy atom. The third-order valence-electron chi connectivity index (χ3n) is 5.30. The maximum Gasteiger partial charge on any atom is 0.231 e. The molecular formula is C25H24N8O. The van der Waals surface area contributed by atoms with Crippen LogP contribution >= 0.6 is 0 Å². The normalized spacial score (nSPS) is 11.2. The van der Waals surface area contributed by atoms with Gasteiger partial charge >= 0.3 is 0 Å². The van der Waals surface area contributed by atoms with Gasteiger partial charge in [0, 0.05) is 41.6 Å². The summed E-state index contributed by atoms with van der Waals surface area (Å²) in [6.07, 6.45) is 3.56. The summed E-state index contributed by atoms with van der Waals surface area (Å²) in [4.78, 5) is 29.7. The maximum absolute atomic E-state index is 11.3. The highest BCUT2D eigenvalue weighted by atomic mass is 16.1. The zero-order valence-electron chi connectivity index (χ0n) is 19.1. The first-order chi connectivity index (χ1) is 16.5. The summed E-state index contributed by atoms with van der Waals surface area (Å²) in [5.74, 6) is 0.926. The van der Waals surface area contributed by atoms with Crippen molar-refractivity contribution in [3.05, 3.63) is 67.1 Å². The van der Waals surface area contributed by atoms with Gasteiger partial charge in [-0.2, -0.15) is 9.97 Å². The monoisotopic (exact) mass is 452 g/mol. The van der Waals surface area contributed by atoms with E-state index in [4.69, 9.17) is 9.97 Å². The van der Waals surface area contributed by atoms with Crippen LogP contribution in [-0.2, 0) is 4.79 Å². The first-order valence-corrected chi connectivity index (χ1v) is 11.0. The fourth-order valence-electron chi connectivity index (χ4n) is 3.70. The molecule has 170 valence electrons. The third kappa shape index (κ3) is 4.36. The molecule has 0 atom stereocenters. The molecule has 5 rings (SSSR count). The Hall–Kier alpha value is -4.53. The second-order valence-electron chi connectivity index (χ2n) is 8.23. The average molecular weight is 453 g/mol. The van der Waals surface area contributed by atoms with Gasteiger partial charge in [-0.15, -0.1) is 0 Å². The lowest BCUT2D eigenvalue weighted by Gasteiger charge is -2.13. The Morgan fingerprint density at radius 1 is 0.912 bits per heavy atom. The summed E-state index contributed by atoms with van der Waals surface area (Å²) in [5, 5.41) is 10.5. The molecular weight excluding hydrogens is 428 g/mol. The number of amides is 1. The highest BCUT2D eigenvalue weighted by molar-refractivity contribution is 5.90. The van der Waals surface area contributed by atoms with Crippen LogP contribution in [0, 0.1) is 0 Å². The molecule has 0 fully saturated rings. The fourth-order valence-corrected chi connectivity index (χ4v) is 3.70. The first-order valence-electron chi connectivity index (χ1n) is 11.0. The standard InChI is InChI=1S/C25H24N8O/c1-15(2)33-14-27-22-23(29-19-8-6-18(7-9-19)28-16(3)34)31-25(32-24(22)33)30-20-10-11-21-17(13-20)5-4-12-26-21/h4-15H,1-3H3,(H,28,34)(H2,29,30,31,32). The molecule has 0 aliphatic rings. The average Bonchev–Trinajstić information content (AvgIpc) is 3.25. The van der Waals surface area contributed by atoms with E-state index in [1.807, 2.05) is 59.2 Å². The number of hydrogen-bond acceptors (Lipinski definition) is 7. The van der Waals surface area contributed by atoms with Crippen molar-refractivity contribution in [2.45, 2.75) is 26.8 Å². The van der Waals surface area contributed by atoms with E-state index in [2.05, 4.69) is 39.8 Å². The van der Waals surface area contributed by atoms with Gasteiger partial charge in [-0.25, -0.2) is 4.98 Å². The van der Waals surface area contributed by atoms with E-state index in [0.29, 0.717) is 17.3 Å². The van der Waals surface area contributed by atoms with Crippen LogP contribution in [0.3, 0.4) is 0 Å². The summed E-state index contributed by atoms with van der Waals surface area (Å²) in [7, 11) is 0. The van der Waals surface area contributed by atoms with Gasteiger partial charge in [0.1, 0.15) is 0 Å². The number of aromatic nitrogens is 5. The molecule has 9 heteroatoms. The summed E-state index contributed by atoms with van der Waals surface area (Å²) < 4.78 is 2.01. The molecule has 3 aromatic heterocycles. The molecule has 0 aliphatic heterocycles. The molecule has 3 N–H and O–H groups in total. The number of carbonyl (C=O) groups excluding carboxylic acids is 1. The van der Waals surface area contributed by atoms with Gasteiger partial charge in [0.15, 0.2) is 17.0 Å². The Bertz CT molecular complexity index is 1490. The van der Waals surface area contributed by atoms with Gasteiger partial charge in [0.05, 0.1) is 11.8 Å². The van der Waals surface area contributed by atoms with Crippen LogP contribution in [0.5, 0.6) is 0 Å². The van der Waals surface area contributed by atoms with E-state index in [-0.39, 0.29) is 11.9 Å². The minimum absolute atomic E-state index is 0.113. The van der Waals surface area contributed by atoms with Crippen molar-refractivity contribution in [1.82, 2.24) is 24.5 Å². The van der Waals surface area contributed by atoms with Crippen molar-refractivity contribution in [1.29, 1.82) is 0 Å². The minimum Gasteiger partial charge on any atom is -0.338 e. The number of pyridine rings is 1. The van der Waals surface area contributed by atoms with Crippen LogP contribution in [0.25, 0.3) is 22.1 Å². The zero-order valence-corrected chi connectivity index (χ0v) is 19.1.